The van der Waals surface area contributed by atoms with Gasteiger partial charge in [0.1, 0.15) is 0 Å². The van der Waals surface area contributed by atoms with Gasteiger partial charge in [-0.15, -0.1) is 0 Å². The van der Waals surface area contributed by atoms with Crippen molar-refractivity contribution in [1.29, 1.82) is 0 Å². The number of phosphoric acid groups is 2. The van der Waals surface area contributed by atoms with Gasteiger partial charge in [0, 0.05) is 6.61 Å². The van der Waals surface area contributed by atoms with Crippen LogP contribution in [0.25, 0.3) is 0 Å². The number of aliphatic hydroxyl groups is 1. The molecule has 0 saturated carbocycles. The summed E-state index contributed by atoms with van der Waals surface area (Å²) in [5, 5.41) is 7.57. The summed E-state index contributed by atoms with van der Waals surface area (Å²) in [7, 11) is -9.28. The first kappa shape index (κ1) is 24.4. The Hall–Kier alpha value is 1.18. The Balaban J connectivity index is -0.0000000535. The summed E-state index contributed by atoms with van der Waals surface area (Å²) in [5.41, 5.74) is 0. The summed E-state index contributed by atoms with van der Waals surface area (Å²) in [6.07, 6.45) is 0. The molecule has 0 bridgehead atoms. The van der Waals surface area contributed by atoms with Gasteiger partial charge in [0.25, 0.3) is 0 Å². The Morgan fingerprint density at radius 2 is 0.857 bits per heavy atom. The molecule has 0 heterocycles. The number of rotatable bonds is 0. The maximum absolute atomic E-state index is 8.88. The summed E-state index contributed by atoms with van der Waals surface area (Å²) in [4.78, 5) is 43.1. The Morgan fingerprint density at radius 1 is 0.857 bits per heavy atom. The number of hydrogen-bond donors (Lipinski definition) is 7. The fourth-order valence-corrected chi connectivity index (χ4v) is 0. The van der Waals surface area contributed by atoms with Crippen LogP contribution in [0, 0.1) is 0 Å². The van der Waals surface area contributed by atoms with E-state index in [1.165, 1.54) is 0 Å². The van der Waals surface area contributed by atoms with Gasteiger partial charge in [-0.3, -0.25) is 0 Å². The maximum atomic E-state index is 8.88. The van der Waals surface area contributed by atoms with Gasteiger partial charge in [-0.2, -0.15) is 0 Å². The van der Waals surface area contributed by atoms with E-state index in [2.05, 4.69) is 0 Å². The second-order valence-electron chi connectivity index (χ2n) is 1.34. The SMILES string of the molecule is CCO.O=P(O)(O)O.O=P(O)(O)O.[NaH]. The molecule has 0 radical (unpaired) electrons. The summed E-state index contributed by atoms with van der Waals surface area (Å²) in [6, 6.07) is 0. The zero-order valence-electron chi connectivity index (χ0n) is 6.55. The predicted octanol–water partition coefficient (Wildman–Crippen LogP) is -2.51. The molecule has 0 aromatic rings. The van der Waals surface area contributed by atoms with Crippen molar-refractivity contribution in [2.75, 3.05) is 6.61 Å². The first-order chi connectivity index (χ1) is 5.41. The fourth-order valence-electron chi connectivity index (χ4n) is 0. The molecule has 0 aliphatic heterocycles. The van der Waals surface area contributed by atoms with Crippen LogP contribution in [0.15, 0.2) is 0 Å². The van der Waals surface area contributed by atoms with E-state index in [1.807, 2.05) is 0 Å². The minimum atomic E-state index is -4.64. The summed E-state index contributed by atoms with van der Waals surface area (Å²) >= 11 is 0. The molecule has 0 amide bonds. The van der Waals surface area contributed by atoms with Crippen molar-refractivity contribution in [3.63, 3.8) is 0 Å². The fraction of sp³-hybridized carbons (Fsp3) is 1.00. The van der Waals surface area contributed by atoms with Crippen LogP contribution in [0.1, 0.15) is 6.92 Å². The zero-order valence-corrected chi connectivity index (χ0v) is 8.34. The van der Waals surface area contributed by atoms with Crippen LogP contribution in [0.5, 0.6) is 0 Å². The normalized spacial score (nSPS) is 9.71. The number of hydrogen-bond acceptors (Lipinski definition) is 3. The van der Waals surface area contributed by atoms with Gasteiger partial charge in [0.05, 0.1) is 0 Å². The standard InChI is InChI=1S/C2H6O.Na.2H3O4P.H/c1-2-3;;2*1-5(2,3)4;/h3H,2H2,1H3;;2*(H3,1,2,3,4);. The second-order valence-corrected chi connectivity index (χ2v) is 3.40. The second kappa shape index (κ2) is 12.3. The van der Waals surface area contributed by atoms with E-state index in [1.54, 1.807) is 6.92 Å². The summed E-state index contributed by atoms with van der Waals surface area (Å²) < 4.78 is 17.8. The average Bonchev–Trinajstić information content (AvgIpc) is 1.52. The van der Waals surface area contributed by atoms with Gasteiger partial charge >= 0.3 is 45.2 Å². The van der Waals surface area contributed by atoms with E-state index in [0.29, 0.717) is 0 Å². The third kappa shape index (κ3) is 1400. The molecule has 0 rings (SSSR count). The molecule has 0 aromatic carbocycles. The molecule has 0 aromatic heterocycles. The van der Waals surface area contributed by atoms with E-state index in [-0.39, 0.29) is 36.2 Å². The van der Waals surface area contributed by atoms with E-state index in [4.69, 9.17) is 43.6 Å². The Morgan fingerprint density at radius 3 is 0.857 bits per heavy atom. The van der Waals surface area contributed by atoms with Gasteiger partial charge < -0.3 is 34.5 Å². The van der Waals surface area contributed by atoms with Crippen LogP contribution in [0.3, 0.4) is 0 Å². The molecule has 0 saturated heterocycles. The van der Waals surface area contributed by atoms with Gasteiger partial charge in [-0.05, 0) is 6.92 Å². The van der Waals surface area contributed by atoms with Crippen molar-refractivity contribution >= 4 is 45.2 Å². The van der Waals surface area contributed by atoms with E-state index in [0.717, 1.165) is 0 Å². The molecule has 7 N–H and O–H groups in total. The Bertz CT molecular complexity index is 145. The van der Waals surface area contributed by atoms with Crippen molar-refractivity contribution in [2.24, 2.45) is 0 Å². The third-order valence-electron chi connectivity index (χ3n) is 0. The Kier molecular flexibility index (Phi) is 21.4. The molecule has 0 aliphatic rings. The van der Waals surface area contributed by atoms with Crippen LogP contribution in [0.2, 0.25) is 0 Å². The molecular formula is C2H13NaO9P2. The number of aliphatic hydroxyl groups excluding tert-OH is 1. The van der Waals surface area contributed by atoms with Crippen LogP contribution < -0.4 is 0 Å². The van der Waals surface area contributed by atoms with Gasteiger partial charge in [-0.25, -0.2) is 9.13 Å². The van der Waals surface area contributed by atoms with Gasteiger partial charge in [-0.1, -0.05) is 0 Å². The quantitative estimate of drug-likeness (QED) is 0.184. The molecule has 0 atom stereocenters. The van der Waals surface area contributed by atoms with E-state index >= 15 is 0 Å². The van der Waals surface area contributed by atoms with Crippen LogP contribution in [0.4, 0.5) is 0 Å². The molecule has 0 unspecified atom stereocenters. The molecule has 0 spiro atoms. The summed E-state index contributed by atoms with van der Waals surface area (Å²) in [5.74, 6) is 0. The van der Waals surface area contributed by atoms with Crippen molar-refractivity contribution in [3.05, 3.63) is 0 Å². The monoisotopic (exact) mass is 266 g/mol. The molecule has 14 heavy (non-hydrogen) atoms. The molecule has 0 aliphatic carbocycles. The molecule has 0 fully saturated rings. The van der Waals surface area contributed by atoms with Crippen molar-refractivity contribution in [1.82, 2.24) is 0 Å². The molecule has 9 nitrogen and oxygen atoms in total. The predicted molar refractivity (Wildman–Crippen MR) is 48.4 cm³/mol. The summed E-state index contributed by atoms with van der Waals surface area (Å²) in [6.45, 7) is 1.93. The van der Waals surface area contributed by atoms with Crippen LogP contribution in [-0.2, 0) is 9.13 Å². The molecular weight excluding hydrogens is 253 g/mol. The van der Waals surface area contributed by atoms with Crippen molar-refractivity contribution in [2.45, 2.75) is 6.92 Å². The first-order valence-electron chi connectivity index (χ1n) is 2.59. The van der Waals surface area contributed by atoms with Crippen LogP contribution >= 0.6 is 15.6 Å². The average molecular weight is 266 g/mol. The minimum absolute atomic E-state index is 0. The van der Waals surface area contributed by atoms with Gasteiger partial charge in [0.2, 0.25) is 0 Å². The zero-order chi connectivity index (χ0) is 11.7. The molecule has 12 heteroatoms. The van der Waals surface area contributed by atoms with E-state index in [9.17, 15) is 0 Å². The molecule has 86 valence electrons. The van der Waals surface area contributed by atoms with Crippen molar-refractivity contribution in [3.8, 4) is 0 Å². The first-order valence-corrected chi connectivity index (χ1v) is 5.72. The van der Waals surface area contributed by atoms with Crippen molar-refractivity contribution < 1.29 is 43.6 Å². The topological polar surface area (TPSA) is 176 Å². The Labute approximate surface area is 102 Å². The third-order valence-corrected chi connectivity index (χ3v) is 0. The van der Waals surface area contributed by atoms with Crippen LogP contribution in [-0.4, -0.2) is 70.6 Å². The van der Waals surface area contributed by atoms with E-state index < -0.39 is 15.6 Å². The van der Waals surface area contributed by atoms with Gasteiger partial charge in [0.15, 0.2) is 0 Å².